The number of aromatic nitrogens is 1. The molecule has 1 atom stereocenters. The van der Waals surface area contributed by atoms with Crippen LogP contribution in [0.4, 0.5) is 14.5 Å². The largest absolute Gasteiger partial charge is 0.376 e. The third-order valence-corrected chi connectivity index (χ3v) is 3.35. The molecule has 6 heteroatoms. The van der Waals surface area contributed by atoms with E-state index in [0.717, 1.165) is 11.6 Å². The fourth-order valence-electron chi connectivity index (χ4n) is 1.89. The van der Waals surface area contributed by atoms with Gasteiger partial charge in [-0.15, -0.1) is 0 Å². The first-order chi connectivity index (χ1) is 9.36. The highest BCUT2D eigenvalue weighted by atomic mass is 35.5. The summed E-state index contributed by atoms with van der Waals surface area (Å²) < 4.78 is 26.4. The van der Waals surface area contributed by atoms with E-state index >= 15 is 0 Å². The van der Waals surface area contributed by atoms with Crippen LogP contribution in [0.25, 0.3) is 0 Å². The minimum atomic E-state index is -0.620. The van der Waals surface area contributed by atoms with Crippen LogP contribution in [0, 0.1) is 18.6 Å². The van der Waals surface area contributed by atoms with Crippen LogP contribution < -0.4 is 5.32 Å². The second-order valence-electron chi connectivity index (χ2n) is 4.50. The van der Waals surface area contributed by atoms with Crippen molar-refractivity contribution in [1.82, 2.24) is 4.98 Å². The van der Waals surface area contributed by atoms with E-state index in [1.54, 1.807) is 13.0 Å². The summed E-state index contributed by atoms with van der Waals surface area (Å²) in [6.07, 6.45) is 0. The van der Waals surface area contributed by atoms with Gasteiger partial charge in [-0.05, 0) is 43.2 Å². The zero-order valence-corrected chi connectivity index (χ0v) is 12.4. The number of rotatable bonds is 3. The van der Waals surface area contributed by atoms with E-state index in [1.165, 1.54) is 12.1 Å². The van der Waals surface area contributed by atoms with Crippen molar-refractivity contribution in [2.75, 3.05) is 5.32 Å². The number of hydrogen-bond donors (Lipinski definition) is 1. The summed E-state index contributed by atoms with van der Waals surface area (Å²) in [5, 5.41) is 3.60. The average Bonchev–Trinajstić information content (AvgIpc) is 2.32. The summed E-state index contributed by atoms with van der Waals surface area (Å²) in [5.41, 5.74) is 1.87. The van der Waals surface area contributed by atoms with E-state index in [0.29, 0.717) is 16.4 Å². The lowest BCUT2D eigenvalue weighted by Gasteiger charge is -2.18. The quantitative estimate of drug-likeness (QED) is 0.792. The Kier molecular flexibility index (Phi) is 4.45. The fourth-order valence-corrected chi connectivity index (χ4v) is 2.48. The highest BCUT2D eigenvalue weighted by Gasteiger charge is 2.13. The van der Waals surface area contributed by atoms with Crippen LogP contribution in [0.15, 0.2) is 24.3 Å². The summed E-state index contributed by atoms with van der Waals surface area (Å²) in [6, 6.07) is 4.70. The number of anilines is 1. The fraction of sp³-hybridized carbons (Fsp3) is 0.214. The third kappa shape index (κ3) is 3.38. The van der Waals surface area contributed by atoms with Gasteiger partial charge in [-0.3, -0.25) is 0 Å². The molecule has 1 heterocycles. The molecule has 0 fully saturated rings. The Bertz CT molecular complexity index is 604. The lowest BCUT2D eigenvalue weighted by atomic mass is 10.1. The van der Waals surface area contributed by atoms with Crippen molar-refractivity contribution < 1.29 is 8.78 Å². The van der Waals surface area contributed by atoms with Gasteiger partial charge in [0.1, 0.15) is 16.8 Å². The number of nitrogens with zero attached hydrogens (tertiary/aromatic N) is 1. The van der Waals surface area contributed by atoms with E-state index in [2.05, 4.69) is 10.3 Å². The molecular weight excluding hydrogens is 305 g/mol. The molecule has 0 aliphatic heterocycles. The van der Waals surface area contributed by atoms with Gasteiger partial charge in [-0.2, -0.15) is 0 Å². The zero-order chi connectivity index (χ0) is 14.9. The molecule has 0 saturated heterocycles. The maximum absolute atomic E-state index is 13.2. The van der Waals surface area contributed by atoms with Crippen molar-refractivity contribution in [3.05, 3.63) is 57.3 Å². The molecule has 1 unspecified atom stereocenters. The minimum absolute atomic E-state index is 0.221. The first kappa shape index (κ1) is 15.0. The summed E-state index contributed by atoms with van der Waals surface area (Å²) >= 11 is 11.8. The highest BCUT2D eigenvalue weighted by molar-refractivity contribution is 6.34. The predicted octanol–water partition coefficient (Wildman–Crippen LogP) is 5.15. The molecule has 0 aliphatic rings. The van der Waals surface area contributed by atoms with Gasteiger partial charge in [-0.1, -0.05) is 23.2 Å². The van der Waals surface area contributed by atoms with Gasteiger partial charge in [0.2, 0.25) is 0 Å². The van der Waals surface area contributed by atoms with Crippen LogP contribution in [-0.4, -0.2) is 4.98 Å². The first-order valence-electron chi connectivity index (χ1n) is 5.92. The summed E-state index contributed by atoms with van der Waals surface area (Å²) in [6.45, 7) is 3.60. The van der Waals surface area contributed by atoms with Crippen molar-refractivity contribution in [3.8, 4) is 0 Å². The van der Waals surface area contributed by atoms with Crippen LogP contribution in [0.3, 0.4) is 0 Å². The lowest BCUT2D eigenvalue weighted by molar-refractivity contribution is 0.577. The summed E-state index contributed by atoms with van der Waals surface area (Å²) in [7, 11) is 0. The van der Waals surface area contributed by atoms with Gasteiger partial charge in [-0.25, -0.2) is 13.8 Å². The topological polar surface area (TPSA) is 24.9 Å². The highest BCUT2D eigenvalue weighted by Crippen LogP contribution is 2.30. The Labute approximate surface area is 125 Å². The van der Waals surface area contributed by atoms with Crippen molar-refractivity contribution in [2.45, 2.75) is 19.9 Å². The SMILES string of the molecule is Cc1cc(Cl)nc(Cl)c1NC(C)c1cc(F)cc(F)c1. The monoisotopic (exact) mass is 316 g/mol. The van der Waals surface area contributed by atoms with E-state index in [4.69, 9.17) is 23.2 Å². The maximum Gasteiger partial charge on any atom is 0.154 e. The molecule has 106 valence electrons. The second kappa shape index (κ2) is 5.94. The Morgan fingerprint density at radius 1 is 1.10 bits per heavy atom. The van der Waals surface area contributed by atoms with Crippen molar-refractivity contribution >= 4 is 28.9 Å². The molecule has 0 spiro atoms. The van der Waals surface area contributed by atoms with Gasteiger partial charge >= 0.3 is 0 Å². The van der Waals surface area contributed by atoms with Gasteiger partial charge in [0, 0.05) is 12.1 Å². The molecule has 2 rings (SSSR count). The normalized spacial score (nSPS) is 12.3. The zero-order valence-electron chi connectivity index (χ0n) is 10.8. The third-order valence-electron chi connectivity index (χ3n) is 2.89. The van der Waals surface area contributed by atoms with E-state index in [-0.39, 0.29) is 11.2 Å². The van der Waals surface area contributed by atoms with Crippen LogP contribution in [0.2, 0.25) is 10.3 Å². The molecule has 1 aromatic carbocycles. The van der Waals surface area contributed by atoms with Crippen LogP contribution in [0.5, 0.6) is 0 Å². The van der Waals surface area contributed by atoms with Gasteiger partial charge < -0.3 is 5.32 Å². The van der Waals surface area contributed by atoms with Crippen LogP contribution in [-0.2, 0) is 0 Å². The molecule has 0 aliphatic carbocycles. The predicted molar refractivity (Wildman–Crippen MR) is 77.4 cm³/mol. The number of hydrogen-bond acceptors (Lipinski definition) is 2. The molecule has 1 N–H and O–H groups in total. The molecular formula is C14H12Cl2F2N2. The number of nitrogens with one attached hydrogen (secondary N) is 1. The van der Waals surface area contributed by atoms with Gasteiger partial charge in [0.05, 0.1) is 5.69 Å². The molecule has 0 saturated carbocycles. The van der Waals surface area contributed by atoms with E-state index < -0.39 is 11.6 Å². The van der Waals surface area contributed by atoms with Crippen LogP contribution in [0.1, 0.15) is 24.1 Å². The van der Waals surface area contributed by atoms with Crippen molar-refractivity contribution in [2.24, 2.45) is 0 Å². The first-order valence-corrected chi connectivity index (χ1v) is 6.67. The molecule has 1 aromatic heterocycles. The van der Waals surface area contributed by atoms with E-state index in [1.807, 2.05) is 6.92 Å². The Morgan fingerprint density at radius 3 is 2.25 bits per heavy atom. The number of aryl methyl sites for hydroxylation is 1. The standard InChI is InChI=1S/C14H12Cl2F2N2/c1-7-3-12(15)20-14(16)13(7)19-8(2)9-4-10(17)6-11(18)5-9/h3-6,8,19H,1-2H3. The molecule has 0 radical (unpaired) electrons. The lowest BCUT2D eigenvalue weighted by Crippen LogP contribution is -2.09. The van der Waals surface area contributed by atoms with E-state index in [9.17, 15) is 8.78 Å². The Hall–Kier alpha value is -1.39. The Morgan fingerprint density at radius 2 is 1.70 bits per heavy atom. The second-order valence-corrected chi connectivity index (χ2v) is 5.24. The van der Waals surface area contributed by atoms with Gasteiger partial charge in [0.15, 0.2) is 5.15 Å². The molecule has 0 amide bonds. The molecule has 20 heavy (non-hydrogen) atoms. The smallest absolute Gasteiger partial charge is 0.154 e. The van der Waals surface area contributed by atoms with Crippen LogP contribution >= 0.6 is 23.2 Å². The van der Waals surface area contributed by atoms with Crippen molar-refractivity contribution in [1.29, 1.82) is 0 Å². The average molecular weight is 317 g/mol. The molecule has 0 bridgehead atoms. The van der Waals surface area contributed by atoms with Gasteiger partial charge in [0.25, 0.3) is 0 Å². The number of pyridine rings is 1. The number of halogens is 4. The van der Waals surface area contributed by atoms with Crippen molar-refractivity contribution in [3.63, 3.8) is 0 Å². The maximum atomic E-state index is 13.2. The molecule has 2 nitrogen and oxygen atoms in total. The summed E-state index contributed by atoms with van der Waals surface area (Å²) in [4.78, 5) is 3.94. The molecule has 2 aromatic rings. The number of benzene rings is 1. The summed E-state index contributed by atoms with van der Waals surface area (Å²) in [5.74, 6) is -1.24. The minimum Gasteiger partial charge on any atom is -0.376 e. The Balaban J connectivity index is 2.30.